The lowest BCUT2D eigenvalue weighted by atomic mass is 9.68. The molecule has 146 valence electrons. The van der Waals surface area contributed by atoms with Crippen molar-refractivity contribution in [3.63, 3.8) is 0 Å². The second-order valence-electron chi connectivity index (χ2n) is 10.3. The Kier molecular flexibility index (Phi) is 3.07. The molecule has 2 heteroatoms. The number of hydrogen-bond acceptors (Lipinski definition) is 2. The van der Waals surface area contributed by atoms with Gasteiger partial charge in [0.15, 0.2) is 0 Å². The van der Waals surface area contributed by atoms with Crippen LogP contribution >= 0.6 is 0 Å². The third kappa shape index (κ3) is 2.10. The fraction of sp³-hybridized carbons (Fsp3) is 0.444. The van der Waals surface area contributed by atoms with Gasteiger partial charge in [-0.3, -0.25) is 0 Å². The lowest BCUT2D eigenvalue weighted by molar-refractivity contribution is -0.0637. The standard InChI is InChI=1S/C27H26O2/c1-27(14-20-13-23(27)25-17-7-6-16(11-17)24(20)25)29-26(28)18-8-9-22-19(12-18)10-15-4-2-3-5-21(15)22/h2-9,12,16-17,20,23-25H,10-11,13-14H2,1H3. The van der Waals surface area contributed by atoms with Crippen LogP contribution in [-0.4, -0.2) is 11.6 Å². The summed E-state index contributed by atoms with van der Waals surface area (Å²) >= 11 is 0. The van der Waals surface area contributed by atoms with Gasteiger partial charge in [0.1, 0.15) is 5.60 Å². The molecule has 7 rings (SSSR count). The highest BCUT2D eigenvalue weighted by Crippen LogP contribution is 2.68. The first-order valence-electron chi connectivity index (χ1n) is 11.2. The van der Waals surface area contributed by atoms with Crippen LogP contribution in [-0.2, 0) is 11.2 Å². The molecule has 0 amide bonds. The highest BCUT2D eigenvalue weighted by molar-refractivity contribution is 5.92. The predicted molar refractivity (Wildman–Crippen MR) is 112 cm³/mol. The quantitative estimate of drug-likeness (QED) is 0.325. The van der Waals surface area contributed by atoms with E-state index in [1.807, 2.05) is 6.07 Å². The summed E-state index contributed by atoms with van der Waals surface area (Å²) in [7, 11) is 0. The third-order valence-electron chi connectivity index (χ3n) is 8.96. The van der Waals surface area contributed by atoms with Gasteiger partial charge in [-0.2, -0.15) is 0 Å². The largest absolute Gasteiger partial charge is 0.455 e. The molecule has 0 radical (unpaired) electrons. The zero-order chi connectivity index (χ0) is 19.3. The summed E-state index contributed by atoms with van der Waals surface area (Å²) in [5.41, 5.74) is 5.59. The number of benzene rings is 2. The Labute approximate surface area is 172 Å². The fourth-order valence-electron chi connectivity index (χ4n) is 7.98. The first kappa shape index (κ1) is 16.4. The maximum absolute atomic E-state index is 13.2. The minimum Gasteiger partial charge on any atom is -0.455 e. The van der Waals surface area contributed by atoms with Crippen LogP contribution in [0.5, 0.6) is 0 Å². The van der Waals surface area contributed by atoms with Crippen LogP contribution in [0.25, 0.3) is 11.1 Å². The van der Waals surface area contributed by atoms with E-state index >= 15 is 0 Å². The lowest BCUT2D eigenvalue weighted by Gasteiger charge is -2.42. The van der Waals surface area contributed by atoms with Crippen LogP contribution in [0.2, 0.25) is 0 Å². The van der Waals surface area contributed by atoms with Gasteiger partial charge in [-0.05, 0) is 96.6 Å². The molecular formula is C27H26O2. The van der Waals surface area contributed by atoms with E-state index in [-0.39, 0.29) is 11.6 Å². The summed E-state index contributed by atoms with van der Waals surface area (Å²) in [6.07, 6.45) is 9.49. The summed E-state index contributed by atoms with van der Waals surface area (Å²) in [6, 6.07) is 14.7. The summed E-state index contributed by atoms with van der Waals surface area (Å²) < 4.78 is 6.31. The van der Waals surface area contributed by atoms with Gasteiger partial charge in [-0.15, -0.1) is 0 Å². The molecule has 4 bridgehead atoms. The monoisotopic (exact) mass is 382 g/mol. The molecule has 2 nitrogen and oxygen atoms in total. The smallest absolute Gasteiger partial charge is 0.338 e. The first-order valence-corrected chi connectivity index (χ1v) is 11.2. The molecule has 0 aromatic heterocycles. The van der Waals surface area contributed by atoms with Crippen molar-refractivity contribution in [3.05, 3.63) is 71.3 Å². The van der Waals surface area contributed by atoms with E-state index in [2.05, 4.69) is 55.5 Å². The van der Waals surface area contributed by atoms with Crippen LogP contribution in [0.1, 0.15) is 47.7 Å². The Morgan fingerprint density at radius 1 is 0.966 bits per heavy atom. The summed E-state index contributed by atoms with van der Waals surface area (Å²) in [5, 5.41) is 0. The number of carbonyl (C=O) groups is 1. The van der Waals surface area contributed by atoms with Crippen molar-refractivity contribution in [1.29, 1.82) is 0 Å². The molecule has 5 aliphatic rings. The Hall–Kier alpha value is -2.35. The first-order chi connectivity index (χ1) is 14.1. The molecule has 5 aliphatic carbocycles. The van der Waals surface area contributed by atoms with Crippen molar-refractivity contribution >= 4 is 5.97 Å². The molecule has 0 spiro atoms. The number of rotatable bonds is 2. The molecule has 29 heavy (non-hydrogen) atoms. The number of hydrogen-bond donors (Lipinski definition) is 0. The van der Waals surface area contributed by atoms with E-state index in [1.54, 1.807) is 0 Å². The summed E-state index contributed by atoms with van der Waals surface area (Å²) in [5.74, 6) is 4.30. The second kappa shape index (κ2) is 5.41. The Balaban J connectivity index is 1.15. The maximum Gasteiger partial charge on any atom is 0.338 e. The average molecular weight is 383 g/mol. The molecule has 0 saturated heterocycles. The van der Waals surface area contributed by atoms with Crippen molar-refractivity contribution in [1.82, 2.24) is 0 Å². The highest BCUT2D eigenvalue weighted by Gasteiger charge is 2.66. The molecule has 0 aliphatic heterocycles. The minimum absolute atomic E-state index is 0.131. The third-order valence-corrected chi connectivity index (χ3v) is 8.96. The Morgan fingerprint density at radius 2 is 1.76 bits per heavy atom. The maximum atomic E-state index is 13.2. The van der Waals surface area contributed by atoms with Crippen molar-refractivity contribution in [2.45, 2.75) is 38.2 Å². The molecule has 7 atom stereocenters. The van der Waals surface area contributed by atoms with Crippen LogP contribution in [0, 0.1) is 35.5 Å². The molecular weight excluding hydrogens is 356 g/mol. The van der Waals surface area contributed by atoms with Gasteiger partial charge in [0.25, 0.3) is 0 Å². The minimum atomic E-state index is -0.288. The number of esters is 1. The van der Waals surface area contributed by atoms with E-state index in [9.17, 15) is 4.79 Å². The normalized spacial score (nSPS) is 39.5. The molecule has 0 N–H and O–H groups in total. The second-order valence-corrected chi connectivity index (χ2v) is 10.3. The van der Waals surface area contributed by atoms with E-state index in [0.717, 1.165) is 42.4 Å². The number of ether oxygens (including phenoxy) is 1. The zero-order valence-electron chi connectivity index (χ0n) is 16.8. The van der Waals surface area contributed by atoms with Gasteiger partial charge < -0.3 is 4.74 Å². The lowest BCUT2D eigenvalue weighted by Crippen LogP contribution is -2.45. The Bertz CT molecular complexity index is 1080. The van der Waals surface area contributed by atoms with E-state index in [0.29, 0.717) is 11.5 Å². The topological polar surface area (TPSA) is 26.3 Å². The molecule has 0 heterocycles. The van der Waals surface area contributed by atoms with Gasteiger partial charge in [0.05, 0.1) is 5.56 Å². The van der Waals surface area contributed by atoms with Crippen LogP contribution in [0.4, 0.5) is 0 Å². The fourth-order valence-corrected chi connectivity index (χ4v) is 7.98. The van der Waals surface area contributed by atoms with Crippen molar-refractivity contribution < 1.29 is 9.53 Å². The number of fused-ring (bicyclic) bond motifs is 12. The van der Waals surface area contributed by atoms with Crippen LogP contribution in [0.3, 0.4) is 0 Å². The molecule has 7 unspecified atom stereocenters. The van der Waals surface area contributed by atoms with E-state index in [4.69, 9.17) is 4.74 Å². The van der Waals surface area contributed by atoms with Gasteiger partial charge in [0.2, 0.25) is 0 Å². The zero-order valence-corrected chi connectivity index (χ0v) is 16.8. The summed E-state index contributed by atoms with van der Waals surface area (Å²) in [6.45, 7) is 2.21. The van der Waals surface area contributed by atoms with E-state index < -0.39 is 0 Å². The molecule has 2 aromatic carbocycles. The van der Waals surface area contributed by atoms with Gasteiger partial charge >= 0.3 is 5.97 Å². The van der Waals surface area contributed by atoms with Gasteiger partial charge in [-0.25, -0.2) is 4.79 Å². The average Bonchev–Trinajstić information content (AvgIpc) is 3.50. The molecule has 3 saturated carbocycles. The number of allylic oxidation sites excluding steroid dienone is 2. The highest BCUT2D eigenvalue weighted by atomic mass is 16.6. The van der Waals surface area contributed by atoms with Crippen LogP contribution < -0.4 is 0 Å². The van der Waals surface area contributed by atoms with Crippen molar-refractivity contribution in [3.8, 4) is 11.1 Å². The Morgan fingerprint density at radius 3 is 2.66 bits per heavy atom. The van der Waals surface area contributed by atoms with Crippen LogP contribution in [0.15, 0.2) is 54.6 Å². The number of carbonyl (C=O) groups excluding carboxylic acids is 1. The van der Waals surface area contributed by atoms with E-state index in [1.165, 1.54) is 35.1 Å². The van der Waals surface area contributed by atoms with Crippen molar-refractivity contribution in [2.75, 3.05) is 0 Å². The van der Waals surface area contributed by atoms with Crippen molar-refractivity contribution in [2.24, 2.45) is 35.5 Å². The van der Waals surface area contributed by atoms with Gasteiger partial charge in [-0.1, -0.05) is 42.5 Å². The molecule has 3 fully saturated rings. The van der Waals surface area contributed by atoms with Gasteiger partial charge in [0, 0.05) is 5.92 Å². The summed E-state index contributed by atoms with van der Waals surface area (Å²) in [4.78, 5) is 13.2. The molecule has 2 aromatic rings. The predicted octanol–water partition coefficient (Wildman–Crippen LogP) is 5.65. The SMILES string of the molecule is CC1(OC(=O)c2ccc3c(c2)Cc2ccccc2-3)CC2CC1C1C3C=CC(C3)C21.